The molecule has 0 spiro atoms. The zero-order chi connectivity index (χ0) is 12.6. The number of nitrogens with zero attached hydrogens (tertiary/aromatic N) is 1. The fraction of sp³-hybridized carbons (Fsp3) is 0.500. The number of fused-ring (bicyclic) bond motifs is 1. The Morgan fingerprint density at radius 3 is 2.59 bits per heavy atom. The fourth-order valence-electron chi connectivity index (χ4n) is 2.07. The summed E-state index contributed by atoms with van der Waals surface area (Å²) in [5, 5.41) is 0. The zero-order valence-electron chi connectivity index (χ0n) is 10.9. The first kappa shape index (κ1) is 12.0. The molecular formula is C14H19NO2. The third-order valence-corrected chi connectivity index (χ3v) is 2.83. The highest BCUT2D eigenvalue weighted by atomic mass is 16.5. The second-order valence-corrected chi connectivity index (χ2v) is 5.39. The SMILES string of the molecule is CC(C)CN1C(=O)C(C)(C)Oc2ccccc21. The van der Waals surface area contributed by atoms with Crippen molar-refractivity contribution in [2.75, 3.05) is 11.4 Å². The largest absolute Gasteiger partial charge is 0.476 e. The van der Waals surface area contributed by atoms with Gasteiger partial charge < -0.3 is 9.64 Å². The summed E-state index contributed by atoms with van der Waals surface area (Å²) >= 11 is 0. The predicted octanol–water partition coefficient (Wildman–Crippen LogP) is 2.85. The molecule has 0 N–H and O–H groups in total. The van der Waals surface area contributed by atoms with Gasteiger partial charge in [-0.15, -0.1) is 0 Å². The van der Waals surface area contributed by atoms with E-state index in [1.54, 1.807) is 0 Å². The second-order valence-electron chi connectivity index (χ2n) is 5.39. The van der Waals surface area contributed by atoms with E-state index >= 15 is 0 Å². The summed E-state index contributed by atoms with van der Waals surface area (Å²) < 4.78 is 5.75. The molecule has 0 aromatic heterocycles. The van der Waals surface area contributed by atoms with E-state index < -0.39 is 5.60 Å². The lowest BCUT2D eigenvalue weighted by molar-refractivity contribution is -0.132. The zero-order valence-corrected chi connectivity index (χ0v) is 10.9. The minimum Gasteiger partial charge on any atom is -0.476 e. The van der Waals surface area contributed by atoms with Crippen LogP contribution < -0.4 is 9.64 Å². The Morgan fingerprint density at radius 2 is 1.94 bits per heavy atom. The molecule has 1 heterocycles. The highest BCUT2D eigenvalue weighted by molar-refractivity contribution is 6.02. The average molecular weight is 233 g/mol. The van der Waals surface area contributed by atoms with Gasteiger partial charge in [0.1, 0.15) is 5.75 Å². The van der Waals surface area contributed by atoms with Gasteiger partial charge in [-0.2, -0.15) is 0 Å². The molecule has 3 heteroatoms. The number of para-hydroxylation sites is 2. The van der Waals surface area contributed by atoms with Crippen LogP contribution in [0.4, 0.5) is 5.69 Å². The van der Waals surface area contributed by atoms with Crippen molar-refractivity contribution < 1.29 is 9.53 Å². The number of anilines is 1. The number of carbonyl (C=O) groups is 1. The smallest absolute Gasteiger partial charge is 0.270 e. The third kappa shape index (κ3) is 2.14. The van der Waals surface area contributed by atoms with Crippen molar-refractivity contribution in [1.29, 1.82) is 0 Å². The molecule has 0 saturated heterocycles. The second kappa shape index (κ2) is 4.06. The number of hydrogen-bond acceptors (Lipinski definition) is 2. The molecule has 1 aliphatic heterocycles. The van der Waals surface area contributed by atoms with E-state index in [4.69, 9.17) is 4.74 Å². The number of benzene rings is 1. The van der Waals surface area contributed by atoms with Gasteiger partial charge in [-0.3, -0.25) is 4.79 Å². The van der Waals surface area contributed by atoms with E-state index in [2.05, 4.69) is 13.8 Å². The maximum Gasteiger partial charge on any atom is 0.270 e. The molecule has 0 fully saturated rings. The molecule has 2 rings (SSSR count). The van der Waals surface area contributed by atoms with Gasteiger partial charge in [0, 0.05) is 6.54 Å². The Balaban J connectivity index is 2.45. The molecule has 1 amide bonds. The van der Waals surface area contributed by atoms with Gasteiger partial charge in [-0.1, -0.05) is 26.0 Å². The monoisotopic (exact) mass is 233 g/mol. The van der Waals surface area contributed by atoms with Crippen molar-refractivity contribution >= 4 is 11.6 Å². The van der Waals surface area contributed by atoms with Gasteiger partial charge in [0.05, 0.1) is 5.69 Å². The maximum absolute atomic E-state index is 12.3. The quantitative estimate of drug-likeness (QED) is 0.786. The minimum atomic E-state index is -0.775. The number of carbonyl (C=O) groups excluding carboxylic acids is 1. The lowest BCUT2D eigenvalue weighted by Crippen LogP contribution is -2.53. The molecule has 0 unspecified atom stereocenters. The van der Waals surface area contributed by atoms with Gasteiger partial charge >= 0.3 is 0 Å². The number of rotatable bonds is 2. The van der Waals surface area contributed by atoms with Crippen molar-refractivity contribution in [3.63, 3.8) is 0 Å². The molecule has 0 aliphatic carbocycles. The Bertz CT molecular complexity index is 438. The van der Waals surface area contributed by atoms with Gasteiger partial charge in [-0.25, -0.2) is 0 Å². The molecule has 0 radical (unpaired) electrons. The summed E-state index contributed by atoms with van der Waals surface area (Å²) in [6.45, 7) is 8.58. The predicted molar refractivity (Wildman–Crippen MR) is 68.3 cm³/mol. The number of amides is 1. The summed E-state index contributed by atoms with van der Waals surface area (Å²) in [4.78, 5) is 14.2. The van der Waals surface area contributed by atoms with Crippen LogP contribution in [-0.2, 0) is 4.79 Å². The van der Waals surface area contributed by atoms with Gasteiger partial charge in [0.25, 0.3) is 5.91 Å². The number of ether oxygens (including phenoxy) is 1. The maximum atomic E-state index is 12.3. The highest BCUT2D eigenvalue weighted by Gasteiger charge is 2.40. The molecular weight excluding hydrogens is 214 g/mol. The summed E-state index contributed by atoms with van der Waals surface area (Å²) in [6, 6.07) is 7.71. The summed E-state index contributed by atoms with van der Waals surface area (Å²) in [5.74, 6) is 1.25. The Hall–Kier alpha value is -1.51. The van der Waals surface area contributed by atoms with Crippen LogP contribution in [0.3, 0.4) is 0 Å². The van der Waals surface area contributed by atoms with Crippen LogP contribution in [-0.4, -0.2) is 18.1 Å². The molecule has 3 nitrogen and oxygen atoms in total. The van der Waals surface area contributed by atoms with Crippen molar-refractivity contribution in [3.05, 3.63) is 24.3 Å². The van der Waals surface area contributed by atoms with Gasteiger partial charge in [0.15, 0.2) is 5.60 Å². The first-order valence-corrected chi connectivity index (χ1v) is 6.02. The van der Waals surface area contributed by atoms with E-state index in [0.29, 0.717) is 5.92 Å². The van der Waals surface area contributed by atoms with Crippen LogP contribution in [0, 0.1) is 5.92 Å². The Labute approximate surface area is 102 Å². The van der Waals surface area contributed by atoms with E-state index in [1.165, 1.54) is 0 Å². The first-order chi connectivity index (χ1) is 7.92. The van der Waals surface area contributed by atoms with Crippen molar-refractivity contribution in [2.45, 2.75) is 33.3 Å². The van der Waals surface area contributed by atoms with Crippen molar-refractivity contribution in [2.24, 2.45) is 5.92 Å². The van der Waals surface area contributed by atoms with Crippen LogP contribution in [0.1, 0.15) is 27.7 Å². The molecule has 0 saturated carbocycles. The van der Waals surface area contributed by atoms with E-state index in [1.807, 2.05) is 43.0 Å². The third-order valence-electron chi connectivity index (χ3n) is 2.83. The summed E-state index contributed by atoms with van der Waals surface area (Å²) in [6.07, 6.45) is 0. The minimum absolute atomic E-state index is 0.0323. The van der Waals surface area contributed by atoms with Crippen LogP contribution >= 0.6 is 0 Å². The van der Waals surface area contributed by atoms with Crippen LogP contribution in [0.15, 0.2) is 24.3 Å². The highest BCUT2D eigenvalue weighted by Crippen LogP contribution is 2.37. The van der Waals surface area contributed by atoms with Crippen LogP contribution in [0.25, 0.3) is 0 Å². The van der Waals surface area contributed by atoms with E-state index in [-0.39, 0.29) is 5.91 Å². The van der Waals surface area contributed by atoms with Crippen molar-refractivity contribution in [3.8, 4) is 5.75 Å². The lowest BCUT2D eigenvalue weighted by Gasteiger charge is -2.39. The Kier molecular flexibility index (Phi) is 2.86. The van der Waals surface area contributed by atoms with E-state index in [0.717, 1.165) is 18.0 Å². The van der Waals surface area contributed by atoms with E-state index in [9.17, 15) is 4.79 Å². The molecule has 0 atom stereocenters. The molecule has 17 heavy (non-hydrogen) atoms. The van der Waals surface area contributed by atoms with Gasteiger partial charge in [-0.05, 0) is 31.9 Å². The van der Waals surface area contributed by atoms with Crippen LogP contribution in [0.5, 0.6) is 5.75 Å². The lowest BCUT2D eigenvalue weighted by atomic mass is 10.0. The summed E-state index contributed by atoms with van der Waals surface area (Å²) in [5.41, 5.74) is 0.106. The molecule has 0 bridgehead atoms. The molecule has 1 aromatic carbocycles. The molecule has 92 valence electrons. The topological polar surface area (TPSA) is 29.5 Å². The van der Waals surface area contributed by atoms with Crippen LogP contribution in [0.2, 0.25) is 0 Å². The number of hydrogen-bond donors (Lipinski definition) is 0. The fourth-order valence-corrected chi connectivity index (χ4v) is 2.07. The van der Waals surface area contributed by atoms with Crippen molar-refractivity contribution in [1.82, 2.24) is 0 Å². The normalized spacial score (nSPS) is 17.9. The standard InChI is InChI=1S/C14H19NO2/c1-10(2)9-15-11-7-5-6-8-12(11)17-14(3,4)13(15)16/h5-8,10H,9H2,1-4H3. The average Bonchev–Trinajstić information content (AvgIpc) is 2.24. The Morgan fingerprint density at radius 1 is 1.29 bits per heavy atom. The van der Waals surface area contributed by atoms with Gasteiger partial charge in [0.2, 0.25) is 0 Å². The molecule has 1 aromatic rings. The summed E-state index contributed by atoms with van der Waals surface area (Å²) in [7, 11) is 0. The molecule has 1 aliphatic rings. The first-order valence-electron chi connectivity index (χ1n) is 6.02.